The maximum atomic E-state index is 10.1. The van der Waals surface area contributed by atoms with Gasteiger partial charge in [0.2, 0.25) is 0 Å². The summed E-state index contributed by atoms with van der Waals surface area (Å²) in [6, 6.07) is 6.62. The van der Waals surface area contributed by atoms with Crippen LogP contribution in [0.4, 0.5) is 0 Å². The lowest BCUT2D eigenvalue weighted by atomic mass is 9.83. The summed E-state index contributed by atoms with van der Waals surface area (Å²) in [6.45, 7) is 6.06. The zero-order chi connectivity index (χ0) is 15.8. The van der Waals surface area contributed by atoms with Gasteiger partial charge in [0.1, 0.15) is 12.2 Å². The Hall–Kier alpha value is -0.980. The molecule has 21 heavy (non-hydrogen) atoms. The van der Waals surface area contributed by atoms with Crippen LogP contribution in [0.2, 0.25) is 0 Å². The third-order valence-electron chi connectivity index (χ3n) is 4.18. The molecule has 1 aliphatic rings. The molecular weight excluding hydrogens is 270 g/mol. The Morgan fingerprint density at radius 1 is 0.952 bits per heavy atom. The van der Waals surface area contributed by atoms with Crippen molar-refractivity contribution in [1.29, 1.82) is 0 Å². The zero-order valence-electron chi connectivity index (χ0n) is 12.7. The van der Waals surface area contributed by atoms with Gasteiger partial charge in [0.15, 0.2) is 0 Å². The molecule has 0 aliphatic carbocycles. The number of nitrogens with one attached hydrogen (secondary N) is 1. The maximum Gasteiger partial charge on any atom is 0.109 e. The van der Waals surface area contributed by atoms with Crippen molar-refractivity contribution >= 4 is 0 Å². The topological polar surface area (TPSA) is 93.0 Å². The van der Waals surface area contributed by atoms with E-state index in [1.165, 1.54) is 5.56 Å². The average molecular weight is 295 g/mol. The summed E-state index contributed by atoms with van der Waals surface area (Å²) in [7, 11) is 0. The van der Waals surface area contributed by atoms with E-state index in [1.807, 2.05) is 24.3 Å². The fourth-order valence-corrected chi connectivity index (χ4v) is 2.71. The predicted molar refractivity (Wildman–Crippen MR) is 79.9 cm³/mol. The Bertz CT molecular complexity index is 466. The lowest BCUT2D eigenvalue weighted by Crippen LogP contribution is -2.62. The summed E-state index contributed by atoms with van der Waals surface area (Å²) in [4.78, 5) is 0. The van der Waals surface area contributed by atoms with E-state index in [9.17, 15) is 20.4 Å². The van der Waals surface area contributed by atoms with Crippen molar-refractivity contribution in [2.24, 2.45) is 0 Å². The molecule has 0 spiro atoms. The average Bonchev–Trinajstić information content (AvgIpc) is 2.44. The summed E-state index contributed by atoms with van der Waals surface area (Å²) < 4.78 is 0. The molecule has 0 aromatic heterocycles. The second-order valence-corrected chi connectivity index (χ2v) is 6.78. The molecule has 0 unspecified atom stereocenters. The number of benzene rings is 1. The van der Waals surface area contributed by atoms with Gasteiger partial charge in [-0.1, -0.05) is 45.0 Å². The number of aliphatic hydroxyl groups is 4. The Labute approximate surface area is 125 Å². The first-order valence-electron chi connectivity index (χ1n) is 7.27. The minimum atomic E-state index is -1.28. The van der Waals surface area contributed by atoms with Gasteiger partial charge in [-0.15, -0.1) is 0 Å². The van der Waals surface area contributed by atoms with Crippen LogP contribution in [0.1, 0.15) is 37.9 Å². The standard InChI is InChI=1S/C16H25NO4/c1-16(2,3)10-6-4-9(5-7-10)12-14(20)15(21)13(19)11(8-18)17-12/h4-7,11-15,17-21H,8H2,1-3H3/t11-,12+,13-,14-,15+/m1/s1. The fraction of sp³-hybridized carbons (Fsp3) is 0.625. The number of hydrogen-bond donors (Lipinski definition) is 5. The molecule has 0 saturated carbocycles. The van der Waals surface area contributed by atoms with Gasteiger partial charge in [-0.05, 0) is 16.5 Å². The van der Waals surface area contributed by atoms with E-state index in [-0.39, 0.29) is 12.0 Å². The SMILES string of the molecule is CC(C)(C)c1ccc([C@@H]2N[C@H](CO)[C@@H](O)[C@H](O)[C@@H]2O)cc1. The molecule has 5 N–H and O–H groups in total. The molecule has 5 nitrogen and oxygen atoms in total. The first kappa shape index (κ1) is 16.4. The molecule has 1 aliphatic heterocycles. The number of rotatable bonds is 2. The summed E-state index contributed by atoms with van der Waals surface area (Å²) in [6.07, 6.45) is -3.59. The van der Waals surface area contributed by atoms with Crippen LogP contribution in [0.5, 0.6) is 0 Å². The van der Waals surface area contributed by atoms with Crippen LogP contribution in [0.15, 0.2) is 24.3 Å². The molecule has 5 atom stereocenters. The number of aliphatic hydroxyl groups excluding tert-OH is 4. The van der Waals surface area contributed by atoms with E-state index >= 15 is 0 Å². The highest BCUT2D eigenvalue weighted by atomic mass is 16.4. The van der Waals surface area contributed by atoms with E-state index in [0.717, 1.165) is 5.56 Å². The summed E-state index contributed by atoms with van der Waals surface area (Å²) in [5.74, 6) is 0. The van der Waals surface area contributed by atoms with Gasteiger partial charge in [0.25, 0.3) is 0 Å². The lowest BCUT2D eigenvalue weighted by molar-refractivity contribution is -0.120. The molecule has 0 radical (unpaired) electrons. The largest absolute Gasteiger partial charge is 0.395 e. The molecule has 118 valence electrons. The Morgan fingerprint density at radius 3 is 2.00 bits per heavy atom. The van der Waals surface area contributed by atoms with E-state index < -0.39 is 30.4 Å². The van der Waals surface area contributed by atoms with Crippen LogP contribution in [-0.2, 0) is 5.41 Å². The monoisotopic (exact) mass is 295 g/mol. The van der Waals surface area contributed by atoms with Crippen LogP contribution < -0.4 is 5.32 Å². The molecule has 0 bridgehead atoms. The lowest BCUT2D eigenvalue weighted by Gasteiger charge is -2.41. The Kier molecular flexibility index (Phi) is 4.70. The van der Waals surface area contributed by atoms with E-state index in [4.69, 9.17) is 0 Å². The summed E-state index contributed by atoms with van der Waals surface area (Å²) >= 11 is 0. The molecule has 1 aromatic rings. The van der Waals surface area contributed by atoms with Gasteiger partial charge in [-0.25, -0.2) is 0 Å². The first-order valence-corrected chi connectivity index (χ1v) is 7.27. The minimum Gasteiger partial charge on any atom is -0.395 e. The number of hydrogen-bond acceptors (Lipinski definition) is 5. The molecule has 1 saturated heterocycles. The van der Waals surface area contributed by atoms with Gasteiger partial charge < -0.3 is 25.7 Å². The molecule has 0 amide bonds. The maximum absolute atomic E-state index is 10.1. The van der Waals surface area contributed by atoms with Crippen molar-refractivity contribution in [3.63, 3.8) is 0 Å². The van der Waals surface area contributed by atoms with Crippen molar-refractivity contribution in [2.75, 3.05) is 6.61 Å². The molecule has 5 heteroatoms. The molecule has 1 fully saturated rings. The molecule has 2 rings (SSSR count). The van der Waals surface area contributed by atoms with Crippen LogP contribution >= 0.6 is 0 Å². The minimum absolute atomic E-state index is 0.0421. The first-order chi connectivity index (χ1) is 9.75. The smallest absolute Gasteiger partial charge is 0.109 e. The Morgan fingerprint density at radius 2 is 1.52 bits per heavy atom. The van der Waals surface area contributed by atoms with Gasteiger partial charge in [0, 0.05) is 0 Å². The van der Waals surface area contributed by atoms with Crippen molar-refractivity contribution in [3.8, 4) is 0 Å². The van der Waals surface area contributed by atoms with E-state index in [2.05, 4.69) is 26.1 Å². The van der Waals surface area contributed by atoms with Crippen LogP contribution in [-0.4, -0.2) is 51.4 Å². The quantitative estimate of drug-likeness (QED) is 0.532. The van der Waals surface area contributed by atoms with Gasteiger partial charge in [-0.3, -0.25) is 0 Å². The fourth-order valence-electron chi connectivity index (χ4n) is 2.71. The molecule has 1 heterocycles. The highest BCUT2D eigenvalue weighted by Crippen LogP contribution is 2.29. The van der Waals surface area contributed by atoms with Crippen LogP contribution in [0, 0.1) is 0 Å². The molecular formula is C16H25NO4. The summed E-state index contributed by atoms with van der Waals surface area (Å²) in [5.41, 5.74) is 2.04. The van der Waals surface area contributed by atoms with E-state index in [0.29, 0.717) is 0 Å². The zero-order valence-corrected chi connectivity index (χ0v) is 12.7. The highest BCUT2D eigenvalue weighted by molar-refractivity contribution is 5.30. The number of piperidine rings is 1. The Balaban J connectivity index is 2.24. The predicted octanol–water partition coefficient (Wildman–Crippen LogP) is 0.0720. The normalized spacial score (nSPS) is 34.0. The summed E-state index contributed by atoms with van der Waals surface area (Å²) in [5, 5.41) is 42.1. The van der Waals surface area contributed by atoms with Crippen LogP contribution in [0.25, 0.3) is 0 Å². The third kappa shape index (κ3) is 3.27. The van der Waals surface area contributed by atoms with Crippen molar-refractivity contribution < 1.29 is 20.4 Å². The van der Waals surface area contributed by atoms with Crippen molar-refractivity contribution in [2.45, 2.75) is 56.6 Å². The second kappa shape index (κ2) is 6.02. The third-order valence-corrected chi connectivity index (χ3v) is 4.18. The van der Waals surface area contributed by atoms with Crippen molar-refractivity contribution in [1.82, 2.24) is 5.32 Å². The highest BCUT2D eigenvalue weighted by Gasteiger charge is 2.42. The van der Waals surface area contributed by atoms with Gasteiger partial charge in [0.05, 0.1) is 24.8 Å². The van der Waals surface area contributed by atoms with E-state index in [1.54, 1.807) is 0 Å². The van der Waals surface area contributed by atoms with Gasteiger partial charge in [-0.2, -0.15) is 0 Å². The van der Waals surface area contributed by atoms with Crippen LogP contribution in [0.3, 0.4) is 0 Å². The second-order valence-electron chi connectivity index (χ2n) is 6.78. The van der Waals surface area contributed by atoms with Gasteiger partial charge >= 0.3 is 0 Å². The van der Waals surface area contributed by atoms with Crippen molar-refractivity contribution in [3.05, 3.63) is 35.4 Å². The molecule has 1 aromatic carbocycles.